The standard InChI is InChI=1S/C17H16N6O/c18-9-11-4-3-5-12(8-11)14-13(10-20-22-14)15-21-16(23-24-15)17(19)6-1-2-7-17/h3-5,8,10H,1-2,6-7,19H2,(H,20,22). The highest BCUT2D eigenvalue weighted by molar-refractivity contribution is 5.76. The molecule has 3 aromatic rings. The van der Waals surface area contributed by atoms with Gasteiger partial charge in [-0.25, -0.2) is 0 Å². The molecule has 0 spiro atoms. The largest absolute Gasteiger partial charge is 0.334 e. The van der Waals surface area contributed by atoms with Crippen LogP contribution < -0.4 is 5.73 Å². The third-order valence-electron chi connectivity index (χ3n) is 4.52. The molecule has 120 valence electrons. The smallest absolute Gasteiger partial charge is 0.261 e. The molecule has 1 aliphatic rings. The predicted octanol–water partition coefficient (Wildman–Crippen LogP) is 2.73. The van der Waals surface area contributed by atoms with E-state index in [-0.39, 0.29) is 0 Å². The fourth-order valence-electron chi connectivity index (χ4n) is 3.18. The minimum absolute atomic E-state index is 0.382. The second-order valence-corrected chi connectivity index (χ2v) is 6.14. The zero-order valence-electron chi connectivity index (χ0n) is 13.0. The van der Waals surface area contributed by atoms with E-state index in [1.54, 1.807) is 18.3 Å². The number of nitrogens with one attached hydrogen (secondary N) is 1. The van der Waals surface area contributed by atoms with Crippen molar-refractivity contribution in [2.75, 3.05) is 0 Å². The lowest BCUT2D eigenvalue weighted by molar-refractivity contribution is 0.372. The maximum absolute atomic E-state index is 9.07. The van der Waals surface area contributed by atoms with Crippen LogP contribution in [0, 0.1) is 11.3 Å². The van der Waals surface area contributed by atoms with Gasteiger partial charge in [0.25, 0.3) is 5.89 Å². The second-order valence-electron chi connectivity index (χ2n) is 6.14. The summed E-state index contributed by atoms with van der Waals surface area (Å²) < 4.78 is 5.44. The molecular weight excluding hydrogens is 304 g/mol. The molecule has 7 heteroatoms. The van der Waals surface area contributed by atoms with Crippen LogP contribution in [-0.2, 0) is 5.54 Å². The van der Waals surface area contributed by atoms with E-state index in [9.17, 15) is 0 Å². The summed E-state index contributed by atoms with van der Waals surface area (Å²) in [6.45, 7) is 0. The zero-order chi connectivity index (χ0) is 16.6. The molecule has 3 N–H and O–H groups in total. The fourth-order valence-corrected chi connectivity index (χ4v) is 3.18. The lowest BCUT2D eigenvalue weighted by Crippen LogP contribution is -2.34. The van der Waals surface area contributed by atoms with Gasteiger partial charge >= 0.3 is 0 Å². The van der Waals surface area contributed by atoms with Crippen molar-refractivity contribution in [3.63, 3.8) is 0 Å². The number of aromatic nitrogens is 4. The number of benzene rings is 1. The summed E-state index contributed by atoms with van der Waals surface area (Å²) in [6, 6.07) is 9.40. The molecule has 24 heavy (non-hydrogen) atoms. The first-order valence-corrected chi connectivity index (χ1v) is 7.87. The summed E-state index contributed by atoms with van der Waals surface area (Å²) in [7, 11) is 0. The number of H-pyrrole nitrogens is 1. The van der Waals surface area contributed by atoms with E-state index in [1.165, 1.54) is 0 Å². The van der Waals surface area contributed by atoms with Crippen LogP contribution in [-0.4, -0.2) is 20.3 Å². The van der Waals surface area contributed by atoms with Crippen molar-refractivity contribution >= 4 is 0 Å². The van der Waals surface area contributed by atoms with Crippen molar-refractivity contribution in [2.45, 2.75) is 31.2 Å². The van der Waals surface area contributed by atoms with Crippen LogP contribution in [0.3, 0.4) is 0 Å². The lowest BCUT2D eigenvalue weighted by Gasteiger charge is -2.17. The number of nitriles is 1. The molecule has 0 aliphatic heterocycles. The summed E-state index contributed by atoms with van der Waals surface area (Å²) in [6.07, 6.45) is 5.54. The Hall–Kier alpha value is -2.98. The molecule has 1 fully saturated rings. The van der Waals surface area contributed by atoms with E-state index in [0.717, 1.165) is 36.9 Å². The van der Waals surface area contributed by atoms with Crippen molar-refractivity contribution < 1.29 is 4.52 Å². The maximum atomic E-state index is 9.07. The minimum atomic E-state index is -0.494. The number of nitrogens with two attached hydrogens (primary N) is 1. The quantitative estimate of drug-likeness (QED) is 0.766. The molecule has 0 radical (unpaired) electrons. The Morgan fingerprint density at radius 1 is 1.29 bits per heavy atom. The Labute approximate surface area is 138 Å². The van der Waals surface area contributed by atoms with Crippen LogP contribution in [0.2, 0.25) is 0 Å². The molecule has 0 amide bonds. The number of hydrogen-bond acceptors (Lipinski definition) is 6. The van der Waals surface area contributed by atoms with Crippen LogP contribution in [0.5, 0.6) is 0 Å². The normalized spacial score (nSPS) is 16.2. The van der Waals surface area contributed by atoms with Crippen molar-refractivity contribution in [3.05, 3.63) is 41.9 Å². The van der Waals surface area contributed by atoms with Crippen LogP contribution in [0.15, 0.2) is 35.0 Å². The molecule has 1 saturated carbocycles. The van der Waals surface area contributed by atoms with Gasteiger partial charge in [-0.15, -0.1) is 0 Å². The Balaban J connectivity index is 1.73. The fraction of sp³-hybridized carbons (Fsp3) is 0.294. The van der Waals surface area contributed by atoms with Gasteiger partial charge in [-0.1, -0.05) is 30.1 Å². The van der Waals surface area contributed by atoms with Gasteiger partial charge in [0.2, 0.25) is 0 Å². The van der Waals surface area contributed by atoms with E-state index >= 15 is 0 Å². The highest BCUT2D eigenvalue weighted by atomic mass is 16.5. The summed E-state index contributed by atoms with van der Waals surface area (Å²) in [5, 5.41) is 20.2. The van der Waals surface area contributed by atoms with Gasteiger partial charge in [-0.3, -0.25) is 5.10 Å². The van der Waals surface area contributed by atoms with E-state index < -0.39 is 5.54 Å². The third kappa shape index (κ3) is 2.37. The Bertz CT molecular complexity index is 913. The summed E-state index contributed by atoms with van der Waals surface area (Å²) in [5.41, 5.74) is 8.74. The molecule has 1 aromatic carbocycles. The first-order valence-electron chi connectivity index (χ1n) is 7.87. The molecule has 0 atom stereocenters. The number of aromatic amines is 1. The van der Waals surface area contributed by atoms with E-state index in [1.807, 2.05) is 12.1 Å². The second kappa shape index (κ2) is 5.58. The molecule has 2 heterocycles. The molecule has 0 bridgehead atoms. The van der Waals surface area contributed by atoms with Gasteiger partial charge < -0.3 is 10.3 Å². The van der Waals surface area contributed by atoms with Crippen molar-refractivity contribution in [1.29, 1.82) is 5.26 Å². The van der Waals surface area contributed by atoms with E-state index in [2.05, 4.69) is 26.4 Å². The van der Waals surface area contributed by atoms with Crippen LogP contribution in [0.1, 0.15) is 37.1 Å². The Morgan fingerprint density at radius 3 is 2.92 bits per heavy atom. The Kier molecular flexibility index (Phi) is 3.40. The lowest BCUT2D eigenvalue weighted by atomic mass is 9.98. The molecule has 0 unspecified atom stereocenters. The van der Waals surface area contributed by atoms with Gasteiger partial charge in [0.15, 0.2) is 5.82 Å². The van der Waals surface area contributed by atoms with Crippen molar-refractivity contribution in [1.82, 2.24) is 20.3 Å². The molecule has 2 aromatic heterocycles. The topological polar surface area (TPSA) is 117 Å². The first-order chi connectivity index (χ1) is 11.7. The van der Waals surface area contributed by atoms with E-state index in [0.29, 0.717) is 22.8 Å². The first kappa shape index (κ1) is 14.6. The van der Waals surface area contributed by atoms with Gasteiger partial charge in [0, 0.05) is 5.56 Å². The third-order valence-corrected chi connectivity index (χ3v) is 4.52. The SMILES string of the molecule is N#Cc1cccc(-c2[nH]ncc2-c2nc(C3(N)CCCC3)no2)c1. The molecule has 7 nitrogen and oxygen atoms in total. The molecule has 0 saturated heterocycles. The summed E-state index contributed by atoms with van der Waals surface area (Å²) in [4.78, 5) is 4.51. The van der Waals surface area contributed by atoms with Crippen LogP contribution >= 0.6 is 0 Å². The molecular formula is C17H16N6O. The highest BCUT2D eigenvalue weighted by Gasteiger charge is 2.36. The van der Waals surface area contributed by atoms with Crippen LogP contribution in [0.25, 0.3) is 22.7 Å². The van der Waals surface area contributed by atoms with Crippen molar-refractivity contribution in [3.8, 4) is 28.8 Å². The van der Waals surface area contributed by atoms with Gasteiger partial charge in [0.05, 0.1) is 34.6 Å². The Morgan fingerprint density at radius 2 is 2.12 bits per heavy atom. The zero-order valence-corrected chi connectivity index (χ0v) is 13.0. The number of rotatable bonds is 3. The number of hydrogen-bond donors (Lipinski definition) is 2. The maximum Gasteiger partial charge on any atom is 0.261 e. The highest BCUT2D eigenvalue weighted by Crippen LogP contribution is 2.36. The van der Waals surface area contributed by atoms with Gasteiger partial charge in [0.1, 0.15) is 0 Å². The summed E-state index contributed by atoms with van der Waals surface area (Å²) in [5.74, 6) is 0.931. The van der Waals surface area contributed by atoms with Gasteiger partial charge in [-0.05, 0) is 25.0 Å². The molecule has 4 rings (SSSR count). The minimum Gasteiger partial charge on any atom is -0.334 e. The van der Waals surface area contributed by atoms with Crippen LogP contribution in [0.4, 0.5) is 0 Å². The predicted molar refractivity (Wildman–Crippen MR) is 86.4 cm³/mol. The average molecular weight is 320 g/mol. The van der Waals surface area contributed by atoms with Gasteiger partial charge in [-0.2, -0.15) is 15.3 Å². The van der Waals surface area contributed by atoms with Crippen molar-refractivity contribution in [2.24, 2.45) is 5.73 Å². The number of nitrogens with zero attached hydrogens (tertiary/aromatic N) is 4. The molecule has 1 aliphatic carbocycles. The average Bonchev–Trinajstić information content (AvgIpc) is 3.34. The summed E-state index contributed by atoms with van der Waals surface area (Å²) >= 11 is 0. The monoisotopic (exact) mass is 320 g/mol. The van der Waals surface area contributed by atoms with E-state index in [4.69, 9.17) is 15.5 Å².